The van der Waals surface area contributed by atoms with E-state index in [1.54, 1.807) is 13.1 Å². The third-order valence-corrected chi connectivity index (χ3v) is 1.89. The van der Waals surface area contributed by atoms with E-state index in [2.05, 4.69) is 4.98 Å². The zero-order valence-electron chi connectivity index (χ0n) is 8.26. The van der Waals surface area contributed by atoms with E-state index in [4.69, 9.17) is 4.74 Å². The number of hydrogen-bond donors (Lipinski definition) is 1. The fourth-order valence-corrected chi connectivity index (χ4v) is 1.24. The number of aromatic amines is 1. The Bertz CT molecular complexity index is 289. The molecule has 0 spiro atoms. The van der Waals surface area contributed by atoms with E-state index in [9.17, 15) is 4.79 Å². The number of rotatable bonds is 3. The van der Waals surface area contributed by atoms with Crippen LogP contribution in [0.2, 0.25) is 0 Å². The first-order chi connectivity index (χ1) is 6.16. The molecule has 0 amide bonds. The molecule has 0 fully saturated rings. The van der Waals surface area contributed by atoms with Crippen molar-refractivity contribution >= 4 is 5.97 Å². The molecule has 72 valence electrons. The molecule has 1 aromatic rings. The maximum absolute atomic E-state index is 11.4. The number of nitrogens with one attached hydrogen (secondary N) is 1. The van der Waals surface area contributed by atoms with Crippen LogP contribution in [-0.4, -0.2) is 17.6 Å². The lowest BCUT2D eigenvalue weighted by Gasteiger charge is -2.05. The molecular weight excluding hydrogens is 166 g/mol. The summed E-state index contributed by atoms with van der Waals surface area (Å²) in [5.41, 5.74) is 1.66. The van der Waals surface area contributed by atoms with Crippen LogP contribution < -0.4 is 0 Å². The molecule has 0 aliphatic heterocycles. The molecule has 1 N–H and O–H groups in total. The Labute approximate surface area is 78.1 Å². The van der Waals surface area contributed by atoms with Crippen molar-refractivity contribution in [1.29, 1.82) is 0 Å². The minimum atomic E-state index is -0.243. The van der Waals surface area contributed by atoms with Gasteiger partial charge in [0.1, 0.15) is 0 Å². The van der Waals surface area contributed by atoms with Crippen LogP contribution in [0.15, 0.2) is 12.4 Å². The Kier molecular flexibility index (Phi) is 3.12. The van der Waals surface area contributed by atoms with Crippen molar-refractivity contribution < 1.29 is 9.53 Å². The first-order valence-electron chi connectivity index (χ1n) is 4.50. The van der Waals surface area contributed by atoms with E-state index in [1.807, 2.05) is 20.0 Å². The van der Waals surface area contributed by atoms with Gasteiger partial charge in [0, 0.05) is 12.4 Å². The minimum Gasteiger partial charge on any atom is -0.462 e. The van der Waals surface area contributed by atoms with Gasteiger partial charge in [-0.15, -0.1) is 0 Å². The summed E-state index contributed by atoms with van der Waals surface area (Å²) >= 11 is 0. The maximum atomic E-state index is 11.4. The van der Waals surface area contributed by atoms with Gasteiger partial charge >= 0.3 is 5.97 Å². The highest BCUT2D eigenvalue weighted by atomic mass is 16.5. The van der Waals surface area contributed by atoms with Crippen LogP contribution in [0.5, 0.6) is 0 Å². The number of aromatic nitrogens is 1. The lowest BCUT2D eigenvalue weighted by atomic mass is 10.0. The van der Waals surface area contributed by atoms with Crippen LogP contribution in [0.3, 0.4) is 0 Å². The number of esters is 1. The van der Waals surface area contributed by atoms with Crippen LogP contribution >= 0.6 is 0 Å². The highest BCUT2D eigenvalue weighted by Crippen LogP contribution is 2.19. The third-order valence-electron chi connectivity index (χ3n) is 1.89. The van der Waals surface area contributed by atoms with Gasteiger partial charge in [-0.1, -0.05) is 13.8 Å². The Morgan fingerprint density at radius 1 is 1.54 bits per heavy atom. The molecule has 13 heavy (non-hydrogen) atoms. The summed E-state index contributed by atoms with van der Waals surface area (Å²) < 4.78 is 4.92. The molecule has 3 nitrogen and oxygen atoms in total. The van der Waals surface area contributed by atoms with Crippen molar-refractivity contribution in [1.82, 2.24) is 4.98 Å². The Morgan fingerprint density at radius 2 is 2.23 bits per heavy atom. The molecule has 1 rings (SSSR count). The predicted octanol–water partition coefficient (Wildman–Crippen LogP) is 2.31. The van der Waals surface area contributed by atoms with Gasteiger partial charge in [-0.3, -0.25) is 0 Å². The maximum Gasteiger partial charge on any atom is 0.339 e. The fraction of sp³-hybridized carbons (Fsp3) is 0.500. The zero-order chi connectivity index (χ0) is 9.84. The van der Waals surface area contributed by atoms with E-state index < -0.39 is 0 Å². The van der Waals surface area contributed by atoms with Gasteiger partial charge in [-0.05, 0) is 18.4 Å². The lowest BCUT2D eigenvalue weighted by Crippen LogP contribution is -2.06. The van der Waals surface area contributed by atoms with E-state index in [1.165, 1.54) is 0 Å². The summed E-state index contributed by atoms with van der Waals surface area (Å²) in [6, 6.07) is 0. The normalized spacial score (nSPS) is 10.5. The number of carbonyl (C=O) groups excluding carboxylic acids is 1. The van der Waals surface area contributed by atoms with Crippen LogP contribution in [0.1, 0.15) is 42.6 Å². The molecule has 0 unspecified atom stereocenters. The van der Waals surface area contributed by atoms with Gasteiger partial charge in [-0.2, -0.15) is 0 Å². The molecule has 1 heterocycles. The van der Waals surface area contributed by atoms with Crippen LogP contribution in [0, 0.1) is 0 Å². The monoisotopic (exact) mass is 181 g/mol. The Morgan fingerprint density at radius 3 is 2.77 bits per heavy atom. The molecule has 0 aliphatic carbocycles. The molecule has 3 heteroatoms. The van der Waals surface area contributed by atoms with Gasteiger partial charge in [0.05, 0.1) is 12.2 Å². The van der Waals surface area contributed by atoms with Crippen molar-refractivity contribution in [3.05, 3.63) is 23.5 Å². The summed E-state index contributed by atoms with van der Waals surface area (Å²) in [5.74, 6) is 0.0955. The van der Waals surface area contributed by atoms with Crippen molar-refractivity contribution in [2.24, 2.45) is 0 Å². The SMILES string of the molecule is CCOC(=O)c1c[nH]cc1C(C)C. The summed E-state index contributed by atoms with van der Waals surface area (Å²) in [6.45, 7) is 6.32. The first kappa shape index (κ1) is 9.84. The van der Waals surface area contributed by atoms with Crippen molar-refractivity contribution in [2.45, 2.75) is 26.7 Å². The fourth-order valence-electron chi connectivity index (χ4n) is 1.24. The van der Waals surface area contributed by atoms with E-state index in [-0.39, 0.29) is 5.97 Å². The molecule has 0 aromatic carbocycles. The summed E-state index contributed by atoms with van der Waals surface area (Å²) in [5, 5.41) is 0. The second-order valence-electron chi connectivity index (χ2n) is 3.20. The van der Waals surface area contributed by atoms with Gasteiger partial charge in [0.15, 0.2) is 0 Å². The smallest absolute Gasteiger partial charge is 0.339 e. The van der Waals surface area contributed by atoms with Gasteiger partial charge < -0.3 is 9.72 Å². The molecule has 0 atom stereocenters. The molecule has 0 saturated carbocycles. The predicted molar refractivity (Wildman–Crippen MR) is 50.8 cm³/mol. The van der Waals surface area contributed by atoms with E-state index in [0.717, 1.165) is 5.56 Å². The molecule has 0 aliphatic rings. The molecule has 0 bridgehead atoms. The van der Waals surface area contributed by atoms with Crippen molar-refractivity contribution in [3.8, 4) is 0 Å². The lowest BCUT2D eigenvalue weighted by molar-refractivity contribution is 0.0525. The second kappa shape index (κ2) is 4.12. The number of ether oxygens (including phenoxy) is 1. The molecule has 1 aromatic heterocycles. The average molecular weight is 181 g/mol. The van der Waals surface area contributed by atoms with Crippen LogP contribution in [0.25, 0.3) is 0 Å². The standard InChI is InChI=1S/C10H15NO2/c1-4-13-10(12)9-6-11-5-8(9)7(2)3/h5-7,11H,4H2,1-3H3. The first-order valence-corrected chi connectivity index (χ1v) is 4.50. The minimum absolute atomic E-state index is 0.243. The summed E-state index contributed by atoms with van der Waals surface area (Å²) in [4.78, 5) is 14.3. The van der Waals surface area contributed by atoms with Crippen LogP contribution in [-0.2, 0) is 4.74 Å². The molecule has 0 radical (unpaired) electrons. The van der Waals surface area contributed by atoms with Crippen LogP contribution in [0.4, 0.5) is 0 Å². The number of hydrogen-bond acceptors (Lipinski definition) is 2. The summed E-state index contributed by atoms with van der Waals surface area (Å²) in [6.07, 6.45) is 3.53. The summed E-state index contributed by atoms with van der Waals surface area (Å²) in [7, 11) is 0. The van der Waals surface area contributed by atoms with Crippen molar-refractivity contribution in [3.63, 3.8) is 0 Å². The van der Waals surface area contributed by atoms with Gasteiger partial charge in [0.25, 0.3) is 0 Å². The Hall–Kier alpha value is -1.25. The number of carbonyl (C=O) groups is 1. The zero-order valence-corrected chi connectivity index (χ0v) is 8.26. The average Bonchev–Trinajstić information content (AvgIpc) is 2.52. The van der Waals surface area contributed by atoms with E-state index in [0.29, 0.717) is 18.1 Å². The Balaban J connectivity index is 2.87. The third kappa shape index (κ3) is 2.11. The topological polar surface area (TPSA) is 42.1 Å². The largest absolute Gasteiger partial charge is 0.462 e. The van der Waals surface area contributed by atoms with E-state index >= 15 is 0 Å². The molecular formula is C10H15NO2. The highest BCUT2D eigenvalue weighted by Gasteiger charge is 2.14. The number of H-pyrrole nitrogens is 1. The van der Waals surface area contributed by atoms with Crippen molar-refractivity contribution in [2.75, 3.05) is 6.61 Å². The second-order valence-corrected chi connectivity index (χ2v) is 3.20. The highest BCUT2D eigenvalue weighted by molar-refractivity contribution is 5.91. The molecule has 0 saturated heterocycles. The quantitative estimate of drug-likeness (QED) is 0.727. The van der Waals surface area contributed by atoms with Gasteiger partial charge in [0.2, 0.25) is 0 Å². The van der Waals surface area contributed by atoms with Gasteiger partial charge in [-0.25, -0.2) is 4.79 Å².